The second-order valence-electron chi connectivity index (χ2n) is 6.79. The van der Waals surface area contributed by atoms with E-state index in [4.69, 9.17) is 0 Å². The Kier molecular flexibility index (Phi) is 7.01. The predicted octanol–water partition coefficient (Wildman–Crippen LogP) is 2.59. The summed E-state index contributed by atoms with van der Waals surface area (Å²) in [5.74, 6) is -0.763. The molecule has 0 saturated carbocycles. The van der Waals surface area contributed by atoms with Crippen LogP contribution in [0.4, 0.5) is 0 Å². The van der Waals surface area contributed by atoms with Crippen LogP contribution in [-0.4, -0.2) is 47.7 Å². The van der Waals surface area contributed by atoms with Crippen LogP contribution in [-0.2, 0) is 4.79 Å². The SMILES string of the molecule is CCNC(C)(CCCN(C)C(C)C(C)(C)C)C(=O)O. The molecular formula is C15H32N2O2. The monoisotopic (exact) mass is 272 g/mol. The largest absolute Gasteiger partial charge is 0.480 e. The fraction of sp³-hybridized carbons (Fsp3) is 0.933. The maximum Gasteiger partial charge on any atom is 0.323 e. The number of hydrogen-bond donors (Lipinski definition) is 2. The molecule has 114 valence electrons. The van der Waals surface area contributed by atoms with Crippen molar-refractivity contribution >= 4 is 5.97 Å². The normalized spacial score (nSPS) is 17.3. The lowest BCUT2D eigenvalue weighted by Crippen LogP contribution is -2.50. The second kappa shape index (κ2) is 7.25. The molecule has 2 unspecified atom stereocenters. The molecule has 0 saturated heterocycles. The van der Waals surface area contributed by atoms with Gasteiger partial charge in [-0.05, 0) is 52.2 Å². The van der Waals surface area contributed by atoms with Crippen molar-refractivity contribution < 1.29 is 9.90 Å². The van der Waals surface area contributed by atoms with Gasteiger partial charge in [-0.2, -0.15) is 0 Å². The van der Waals surface area contributed by atoms with E-state index in [0.29, 0.717) is 19.0 Å². The highest BCUT2D eigenvalue weighted by Gasteiger charge is 2.31. The lowest BCUT2D eigenvalue weighted by Gasteiger charge is -2.36. The van der Waals surface area contributed by atoms with Crippen molar-refractivity contribution in [1.82, 2.24) is 10.2 Å². The lowest BCUT2D eigenvalue weighted by atomic mass is 9.87. The van der Waals surface area contributed by atoms with E-state index < -0.39 is 11.5 Å². The molecular weight excluding hydrogens is 240 g/mol. The second-order valence-corrected chi connectivity index (χ2v) is 6.79. The minimum Gasteiger partial charge on any atom is -0.480 e. The van der Waals surface area contributed by atoms with Gasteiger partial charge in [0.25, 0.3) is 0 Å². The van der Waals surface area contributed by atoms with E-state index in [-0.39, 0.29) is 5.41 Å². The quantitative estimate of drug-likeness (QED) is 0.713. The molecule has 0 aromatic carbocycles. The maximum atomic E-state index is 11.3. The minimum absolute atomic E-state index is 0.243. The molecule has 0 rings (SSSR count). The number of carboxylic acid groups (broad SMARTS) is 1. The van der Waals surface area contributed by atoms with Crippen LogP contribution in [0.2, 0.25) is 0 Å². The maximum absolute atomic E-state index is 11.3. The van der Waals surface area contributed by atoms with Gasteiger partial charge in [-0.15, -0.1) is 0 Å². The van der Waals surface area contributed by atoms with E-state index in [1.807, 2.05) is 6.92 Å². The van der Waals surface area contributed by atoms with Crippen LogP contribution in [0.1, 0.15) is 54.4 Å². The van der Waals surface area contributed by atoms with Crippen molar-refractivity contribution in [3.63, 3.8) is 0 Å². The Hall–Kier alpha value is -0.610. The molecule has 0 aromatic rings. The molecule has 0 aromatic heterocycles. The fourth-order valence-corrected chi connectivity index (χ4v) is 2.20. The van der Waals surface area contributed by atoms with E-state index in [0.717, 1.165) is 13.0 Å². The summed E-state index contributed by atoms with van der Waals surface area (Å²) in [7, 11) is 2.11. The van der Waals surface area contributed by atoms with Crippen LogP contribution < -0.4 is 5.32 Å². The van der Waals surface area contributed by atoms with Crippen molar-refractivity contribution in [2.75, 3.05) is 20.1 Å². The smallest absolute Gasteiger partial charge is 0.323 e. The highest BCUT2D eigenvalue weighted by Crippen LogP contribution is 2.23. The Morgan fingerprint density at radius 2 is 1.84 bits per heavy atom. The van der Waals surface area contributed by atoms with E-state index in [1.54, 1.807) is 6.92 Å². The highest BCUT2D eigenvalue weighted by atomic mass is 16.4. The molecule has 0 aliphatic heterocycles. The van der Waals surface area contributed by atoms with Crippen molar-refractivity contribution in [2.24, 2.45) is 5.41 Å². The Labute approximate surface area is 118 Å². The van der Waals surface area contributed by atoms with Gasteiger partial charge in [-0.1, -0.05) is 27.7 Å². The average Bonchev–Trinajstić information content (AvgIpc) is 2.26. The number of rotatable bonds is 8. The summed E-state index contributed by atoms with van der Waals surface area (Å²) in [6.07, 6.45) is 1.53. The van der Waals surface area contributed by atoms with E-state index in [1.165, 1.54) is 0 Å². The van der Waals surface area contributed by atoms with Gasteiger partial charge in [-0.3, -0.25) is 4.79 Å². The van der Waals surface area contributed by atoms with Crippen LogP contribution in [0.3, 0.4) is 0 Å². The lowest BCUT2D eigenvalue weighted by molar-refractivity contribution is -0.144. The van der Waals surface area contributed by atoms with Gasteiger partial charge in [0.2, 0.25) is 0 Å². The Morgan fingerprint density at radius 1 is 1.32 bits per heavy atom. The Morgan fingerprint density at radius 3 is 2.21 bits per heavy atom. The molecule has 19 heavy (non-hydrogen) atoms. The summed E-state index contributed by atoms with van der Waals surface area (Å²) in [5.41, 5.74) is -0.562. The third-order valence-electron chi connectivity index (χ3n) is 4.14. The molecule has 0 fully saturated rings. The van der Waals surface area contributed by atoms with E-state index in [9.17, 15) is 9.90 Å². The molecule has 4 nitrogen and oxygen atoms in total. The Balaban J connectivity index is 4.31. The summed E-state index contributed by atoms with van der Waals surface area (Å²) >= 11 is 0. The molecule has 0 aliphatic carbocycles. The molecule has 0 heterocycles. The van der Waals surface area contributed by atoms with Gasteiger partial charge < -0.3 is 15.3 Å². The number of aliphatic carboxylic acids is 1. The molecule has 0 aliphatic rings. The third kappa shape index (κ3) is 5.91. The minimum atomic E-state index is -0.805. The number of hydrogen-bond acceptors (Lipinski definition) is 3. The number of carbonyl (C=O) groups is 1. The van der Waals surface area contributed by atoms with E-state index in [2.05, 4.69) is 45.0 Å². The first-order valence-electron chi connectivity index (χ1n) is 7.23. The fourth-order valence-electron chi connectivity index (χ4n) is 2.20. The zero-order chi connectivity index (χ0) is 15.3. The zero-order valence-electron chi connectivity index (χ0n) is 13.7. The molecule has 0 amide bonds. The van der Waals surface area contributed by atoms with Crippen molar-refractivity contribution in [2.45, 2.75) is 66.0 Å². The molecule has 2 N–H and O–H groups in total. The van der Waals surface area contributed by atoms with Crippen molar-refractivity contribution in [1.29, 1.82) is 0 Å². The number of nitrogens with zero attached hydrogens (tertiary/aromatic N) is 1. The summed E-state index contributed by atoms with van der Waals surface area (Å²) in [6, 6.07) is 0.475. The summed E-state index contributed by atoms with van der Waals surface area (Å²) < 4.78 is 0. The number of carboxylic acids is 1. The van der Waals surface area contributed by atoms with Gasteiger partial charge in [0, 0.05) is 6.04 Å². The number of likely N-dealkylation sites (N-methyl/N-ethyl adjacent to an activating group) is 1. The van der Waals surface area contributed by atoms with Crippen molar-refractivity contribution in [3.05, 3.63) is 0 Å². The first-order chi connectivity index (χ1) is 8.54. The van der Waals surface area contributed by atoms with Crippen LogP contribution in [0.25, 0.3) is 0 Å². The van der Waals surface area contributed by atoms with Crippen LogP contribution in [0.5, 0.6) is 0 Å². The van der Waals surface area contributed by atoms with Crippen LogP contribution >= 0.6 is 0 Å². The molecule has 4 heteroatoms. The van der Waals surface area contributed by atoms with E-state index >= 15 is 0 Å². The standard InChI is InChI=1S/C15H32N2O2/c1-8-16-15(6,13(18)19)10-9-11-17(7)12(2)14(3,4)5/h12,16H,8-11H2,1-7H3,(H,18,19). The first kappa shape index (κ1) is 18.4. The van der Waals surface area contributed by atoms with Gasteiger partial charge in [0.1, 0.15) is 5.54 Å². The van der Waals surface area contributed by atoms with Crippen LogP contribution in [0.15, 0.2) is 0 Å². The van der Waals surface area contributed by atoms with Gasteiger partial charge in [-0.25, -0.2) is 0 Å². The Bertz CT molecular complexity index is 286. The zero-order valence-corrected chi connectivity index (χ0v) is 13.7. The van der Waals surface area contributed by atoms with Crippen molar-refractivity contribution in [3.8, 4) is 0 Å². The first-order valence-corrected chi connectivity index (χ1v) is 7.23. The van der Waals surface area contributed by atoms with Gasteiger partial charge >= 0.3 is 5.97 Å². The summed E-state index contributed by atoms with van der Waals surface area (Å²) in [5, 5.41) is 12.4. The topological polar surface area (TPSA) is 52.6 Å². The van der Waals surface area contributed by atoms with Crippen LogP contribution in [0, 0.1) is 5.41 Å². The van der Waals surface area contributed by atoms with Gasteiger partial charge in [0.15, 0.2) is 0 Å². The molecule has 0 spiro atoms. The summed E-state index contributed by atoms with van der Waals surface area (Å²) in [6.45, 7) is 14.2. The number of nitrogens with one attached hydrogen (secondary N) is 1. The molecule has 0 radical (unpaired) electrons. The van der Waals surface area contributed by atoms with Gasteiger partial charge in [0.05, 0.1) is 0 Å². The molecule has 2 atom stereocenters. The highest BCUT2D eigenvalue weighted by molar-refractivity contribution is 5.78. The summed E-state index contributed by atoms with van der Waals surface area (Å²) in [4.78, 5) is 13.6. The average molecular weight is 272 g/mol. The predicted molar refractivity (Wildman–Crippen MR) is 80.5 cm³/mol. The molecule has 0 bridgehead atoms. The third-order valence-corrected chi connectivity index (χ3v) is 4.14.